The summed E-state index contributed by atoms with van der Waals surface area (Å²) in [5, 5.41) is 3.85. The smallest absolute Gasteiger partial charge is 0.244 e. The lowest BCUT2D eigenvalue weighted by atomic mass is 10.1. The van der Waals surface area contributed by atoms with Crippen LogP contribution in [0.15, 0.2) is 42.6 Å². The van der Waals surface area contributed by atoms with Crippen molar-refractivity contribution < 1.29 is 14.3 Å². The molecule has 0 saturated carbocycles. The van der Waals surface area contributed by atoms with Crippen molar-refractivity contribution in [3.05, 3.63) is 59.3 Å². The van der Waals surface area contributed by atoms with Crippen LogP contribution in [0.1, 0.15) is 34.8 Å². The highest BCUT2D eigenvalue weighted by molar-refractivity contribution is 6.08. The predicted molar refractivity (Wildman–Crippen MR) is 108 cm³/mol. The van der Waals surface area contributed by atoms with E-state index in [-0.39, 0.29) is 18.2 Å². The molecule has 5 heteroatoms. The Morgan fingerprint density at radius 3 is 2.56 bits per heavy atom. The standard InChI is InChI=1S/C22H24N2O3/c1-5-20(25)17-12-24(19-9-7-6-8-16(17)19)13-22(26)23-18-10-15(3)21(27-4)11-14(18)2/h6-12H,5,13H2,1-4H3,(H,23,26). The van der Waals surface area contributed by atoms with Crippen molar-refractivity contribution >= 4 is 28.3 Å². The second kappa shape index (κ2) is 7.66. The van der Waals surface area contributed by atoms with Crippen LogP contribution >= 0.6 is 0 Å². The normalized spacial score (nSPS) is 10.8. The van der Waals surface area contributed by atoms with E-state index >= 15 is 0 Å². The molecule has 0 radical (unpaired) electrons. The molecule has 3 rings (SSSR count). The Balaban J connectivity index is 1.87. The van der Waals surface area contributed by atoms with E-state index in [1.165, 1.54) is 0 Å². The number of Topliss-reactive ketones (excluding diaryl/α,β-unsaturated/α-hetero) is 1. The number of aryl methyl sites for hydroxylation is 2. The molecule has 27 heavy (non-hydrogen) atoms. The summed E-state index contributed by atoms with van der Waals surface area (Å²) in [6, 6.07) is 11.5. The zero-order chi connectivity index (χ0) is 19.6. The average Bonchev–Trinajstić information content (AvgIpc) is 3.02. The first-order chi connectivity index (χ1) is 12.9. The molecular weight excluding hydrogens is 340 g/mol. The minimum atomic E-state index is -0.140. The molecule has 0 aliphatic heterocycles. The van der Waals surface area contributed by atoms with E-state index in [0.29, 0.717) is 12.0 Å². The maximum Gasteiger partial charge on any atom is 0.244 e. The molecule has 0 aliphatic rings. The van der Waals surface area contributed by atoms with Gasteiger partial charge in [-0.05, 0) is 43.2 Å². The number of nitrogens with one attached hydrogen (secondary N) is 1. The fourth-order valence-electron chi connectivity index (χ4n) is 3.28. The van der Waals surface area contributed by atoms with Gasteiger partial charge in [-0.25, -0.2) is 0 Å². The number of benzene rings is 2. The van der Waals surface area contributed by atoms with Gasteiger partial charge in [0.1, 0.15) is 12.3 Å². The zero-order valence-electron chi connectivity index (χ0n) is 16.1. The number of hydrogen-bond acceptors (Lipinski definition) is 3. The molecule has 0 atom stereocenters. The Morgan fingerprint density at radius 2 is 1.85 bits per heavy atom. The van der Waals surface area contributed by atoms with Gasteiger partial charge in [0.2, 0.25) is 5.91 Å². The molecule has 0 bridgehead atoms. The van der Waals surface area contributed by atoms with E-state index in [1.54, 1.807) is 13.3 Å². The number of ketones is 1. The minimum Gasteiger partial charge on any atom is -0.496 e. The summed E-state index contributed by atoms with van der Waals surface area (Å²) in [5.74, 6) is 0.732. The van der Waals surface area contributed by atoms with Crippen LogP contribution in [-0.2, 0) is 11.3 Å². The predicted octanol–water partition coefficient (Wildman–Crippen LogP) is 4.50. The van der Waals surface area contributed by atoms with Crippen molar-refractivity contribution in [2.24, 2.45) is 0 Å². The van der Waals surface area contributed by atoms with E-state index in [1.807, 2.05) is 61.7 Å². The SMILES string of the molecule is CCC(=O)c1cn(CC(=O)Nc2cc(C)c(OC)cc2C)c2ccccc12. The molecule has 0 saturated heterocycles. The highest BCUT2D eigenvalue weighted by Crippen LogP contribution is 2.26. The molecule has 1 heterocycles. The van der Waals surface area contributed by atoms with Gasteiger partial charge in [-0.3, -0.25) is 9.59 Å². The van der Waals surface area contributed by atoms with Gasteiger partial charge in [0.25, 0.3) is 0 Å². The molecule has 0 fully saturated rings. The number of carbonyl (C=O) groups excluding carboxylic acids is 2. The first-order valence-corrected chi connectivity index (χ1v) is 9.00. The number of aromatic nitrogens is 1. The van der Waals surface area contributed by atoms with E-state index < -0.39 is 0 Å². The third-order valence-electron chi connectivity index (χ3n) is 4.74. The Kier molecular flexibility index (Phi) is 5.31. The van der Waals surface area contributed by atoms with Crippen molar-refractivity contribution in [3.63, 3.8) is 0 Å². The van der Waals surface area contributed by atoms with Gasteiger partial charge in [-0.1, -0.05) is 25.1 Å². The first kappa shape index (κ1) is 18.7. The van der Waals surface area contributed by atoms with Crippen LogP contribution in [-0.4, -0.2) is 23.4 Å². The highest BCUT2D eigenvalue weighted by atomic mass is 16.5. The van der Waals surface area contributed by atoms with Crippen LogP contribution in [0.25, 0.3) is 10.9 Å². The van der Waals surface area contributed by atoms with Crippen LogP contribution < -0.4 is 10.1 Å². The third-order valence-corrected chi connectivity index (χ3v) is 4.74. The summed E-state index contributed by atoms with van der Waals surface area (Å²) < 4.78 is 7.15. The number of anilines is 1. The zero-order valence-corrected chi connectivity index (χ0v) is 16.1. The summed E-state index contributed by atoms with van der Waals surface area (Å²) in [6.45, 7) is 5.86. The Morgan fingerprint density at radius 1 is 1.11 bits per heavy atom. The highest BCUT2D eigenvalue weighted by Gasteiger charge is 2.15. The largest absolute Gasteiger partial charge is 0.496 e. The minimum absolute atomic E-state index is 0.0759. The fraction of sp³-hybridized carbons (Fsp3) is 0.273. The van der Waals surface area contributed by atoms with Gasteiger partial charge in [-0.15, -0.1) is 0 Å². The first-order valence-electron chi connectivity index (χ1n) is 9.00. The Bertz CT molecular complexity index is 1020. The van der Waals surface area contributed by atoms with Gasteiger partial charge < -0.3 is 14.6 Å². The molecule has 0 spiro atoms. The number of para-hydroxylation sites is 1. The second-order valence-electron chi connectivity index (χ2n) is 6.65. The van der Waals surface area contributed by atoms with Crippen LogP contribution in [0.5, 0.6) is 5.75 Å². The summed E-state index contributed by atoms with van der Waals surface area (Å²) in [5.41, 5.74) is 4.20. The molecule has 1 aromatic heterocycles. The number of amides is 1. The number of ether oxygens (including phenoxy) is 1. The molecule has 3 aromatic rings. The lowest BCUT2D eigenvalue weighted by Gasteiger charge is -2.13. The molecule has 0 unspecified atom stereocenters. The Labute approximate surface area is 158 Å². The third kappa shape index (κ3) is 3.72. The molecule has 1 amide bonds. The van der Waals surface area contributed by atoms with Crippen LogP contribution in [0.2, 0.25) is 0 Å². The quantitative estimate of drug-likeness (QED) is 0.655. The summed E-state index contributed by atoms with van der Waals surface area (Å²) in [4.78, 5) is 24.9. The van der Waals surface area contributed by atoms with Gasteiger partial charge in [0.05, 0.1) is 7.11 Å². The van der Waals surface area contributed by atoms with Gasteiger partial charge in [-0.2, -0.15) is 0 Å². The fourth-order valence-corrected chi connectivity index (χ4v) is 3.28. The summed E-state index contributed by atoms with van der Waals surface area (Å²) in [6.07, 6.45) is 2.22. The monoisotopic (exact) mass is 364 g/mol. The molecule has 5 nitrogen and oxygen atoms in total. The van der Waals surface area contributed by atoms with Gasteiger partial charge in [0, 0.05) is 34.8 Å². The van der Waals surface area contributed by atoms with Crippen molar-refractivity contribution in [3.8, 4) is 5.75 Å². The number of carbonyl (C=O) groups is 2. The molecular formula is C22H24N2O3. The van der Waals surface area contributed by atoms with E-state index in [4.69, 9.17) is 4.74 Å². The average molecular weight is 364 g/mol. The number of hydrogen-bond donors (Lipinski definition) is 1. The van der Waals surface area contributed by atoms with Crippen LogP contribution in [0.4, 0.5) is 5.69 Å². The lowest BCUT2D eigenvalue weighted by molar-refractivity contribution is -0.116. The molecule has 140 valence electrons. The van der Waals surface area contributed by atoms with Crippen molar-refractivity contribution in [1.82, 2.24) is 4.57 Å². The summed E-state index contributed by atoms with van der Waals surface area (Å²) >= 11 is 0. The lowest BCUT2D eigenvalue weighted by Crippen LogP contribution is -2.19. The Hall–Kier alpha value is -3.08. The molecule has 1 N–H and O–H groups in total. The van der Waals surface area contributed by atoms with Crippen molar-refractivity contribution in [2.45, 2.75) is 33.7 Å². The van der Waals surface area contributed by atoms with Gasteiger partial charge >= 0.3 is 0 Å². The number of rotatable bonds is 6. The molecule has 2 aromatic carbocycles. The van der Waals surface area contributed by atoms with Gasteiger partial charge in [0.15, 0.2) is 5.78 Å². The van der Waals surface area contributed by atoms with E-state index in [2.05, 4.69) is 5.32 Å². The second-order valence-corrected chi connectivity index (χ2v) is 6.65. The molecule has 0 aliphatic carbocycles. The van der Waals surface area contributed by atoms with Crippen molar-refractivity contribution in [2.75, 3.05) is 12.4 Å². The number of fused-ring (bicyclic) bond motifs is 1. The van der Waals surface area contributed by atoms with E-state index in [0.717, 1.165) is 33.5 Å². The van der Waals surface area contributed by atoms with Crippen LogP contribution in [0.3, 0.4) is 0 Å². The number of methoxy groups -OCH3 is 1. The maximum atomic E-state index is 12.6. The number of nitrogens with zero attached hydrogens (tertiary/aromatic N) is 1. The van der Waals surface area contributed by atoms with E-state index in [9.17, 15) is 9.59 Å². The van der Waals surface area contributed by atoms with Crippen LogP contribution in [0, 0.1) is 13.8 Å². The summed E-state index contributed by atoms with van der Waals surface area (Å²) in [7, 11) is 1.63. The van der Waals surface area contributed by atoms with Crippen molar-refractivity contribution in [1.29, 1.82) is 0 Å². The topological polar surface area (TPSA) is 60.3 Å². The maximum absolute atomic E-state index is 12.6.